The summed E-state index contributed by atoms with van der Waals surface area (Å²) in [5.74, 6) is 0.727. The second-order valence-corrected chi connectivity index (χ2v) is 5.50. The van der Waals surface area contributed by atoms with E-state index in [4.69, 9.17) is 10.5 Å². The molecule has 0 aliphatic carbocycles. The molecular weight excluding hydrogens is 254 g/mol. The van der Waals surface area contributed by atoms with E-state index in [1.165, 1.54) is 0 Å². The van der Waals surface area contributed by atoms with Crippen molar-refractivity contribution in [2.24, 2.45) is 5.92 Å². The minimum atomic E-state index is -0.378. The van der Waals surface area contributed by atoms with Crippen LogP contribution < -0.4 is 10.6 Å². The summed E-state index contributed by atoms with van der Waals surface area (Å²) in [6.07, 6.45) is 1.58. The summed E-state index contributed by atoms with van der Waals surface area (Å²) in [5.41, 5.74) is 6.64. The van der Waals surface area contributed by atoms with Gasteiger partial charge >= 0.3 is 5.97 Å². The number of nitrogens with two attached hydrogens (primary N) is 1. The van der Waals surface area contributed by atoms with Gasteiger partial charge in [0.15, 0.2) is 0 Å². The fourth-order valence-corrected chi connectivity index (χ4v) is 2.00. The second kappa shape index (κ2) is 7.12. The average molecular weight is 279 g/mol. The zero-order valence-electron chi connectivity index (χ0n) is 13.0. The van der Waals surface area contributed by atoms with Gasteiger partial charge in [-0.2, -0.15) is 0 Å². The number of anilines is 2. The molecular formula is C15H25N3O2. The van der Waals surface area contributed by atoms with E-state index in [2.05, 4.69) is 37.6 Å². The number of aromatic nitrogens is 1. The maximum atomic E-state index is 12.1. The molecule has 0 fully saturated rings. The van der Waals surface area contributed by atoms with E-state index in [1.807, 2.05) is 0 Å². The predicted molar refractivity (Wildman–Crippen MR) is 81.9 cm³/mol. The van der Waals surface area contributed by atoms with Gasteiger partial charge in [0.1, 0.15) is 11.4 Å². The molecule has 0 saturated carbocycles. The lowest BCUT2D eigenvalue weighted by Gasteiger charge is -2.30. The van der Waals surface area contributed by atoms with Gasteiger partial charge in [0.25, 0.3) is 0 Å². The lowest BCUT2D eigenvalue weighted by Crippen LogP contribution is -2.36. The Bertz CT molecular complexity index is 458. The monoisotopic (exact) mass is 279 g/mol. The number of rotatable bonds is 6. The zero-order valence-corrected chi connectivity index (χ0v) is 13.0. The molecule has 1 heterocycles. The Morgan fingerprint density at radius 1 is 1.40 bits per heavy atom. The van der Waals surface area contributed by atoms with Gasteiger partial charge in [0.2, 0.25) is 0 Å². The number of ether oxygens (including phenoxy) is 1. The van der Waals surface area contributed by atoms with Crippen LogP contribution in [0.4, 0.5) is 11.5 Å². The first-order chi connectivity index (χ1) is 9.36. The standard InChI is InChI=1S/C15H25N3O2/c1-6-20-15(19)13-7-12(16)8-17-14(13)18(11(4)5)9-10(2)3/h7-8,10-11H,6,9,16H2,1-5H3. The molecule has 0 unspecified atom stereocenters. The van der Waals surface area contributed by atoms with Crippen molar-refractivity contribution < 1.29 is 9.53 Å². The first kappa shape index (κ1) is 16.3. The minimum Gasteiger partial charge on any atom is -0.462 e. The van der Waals surface area contributed by atoms with Gasteiger partial charge in [-0.3, -0.25) is 0 Å². The molecule has 1 aromatic heterocycles. The third-order valence-corrected chi connectivity index (χ3v) is 2.84. The molecule has 0 bridgehead atoms. The van der Waals surface area contributed by atoms with Crippen LogP contribution >= 0.6 is 0 Å². The molecule has 2 N–H and O–H groups in total. The summed E-state index contributed by atoms with van der Waals surface area (Å²) in [6.45, 7) is 11.4. The van der Waals surface area contributed by atoms with Gasteiger partial charge in [0.05, 0.1) is 18.5 Å². The lowest BCUT2D eigenvalue weighted by atomic mass is 10.1. The van der Waals surface area contributed by atoms with Crippen LogP contribution in [0.2, 0.25) is 0 Å². The smallest absolute Gasteiger partial charge is 0.341 e. The Morgan fingerprint density at radius 3 is 2.55 bits per heavy atom. The first-order valence-electron chi connectivity index (χ1n) is 7.06. The summed E-state index contributed by atoms with van der Waals surface area (Å²) >= 11 is 0. The molecule has 1 rings (SSSR count). The Balaban J connectivity index is 3.22. The highest BCUT2D eigenvalue weighted by atomic mass is 16.5. The quantitative estimate of drug-likeness (QED) is 0.811. The molecule has 0 atom stereocenters. The van der Waals surface area contributed by atoms with Crippen molar-refractivity contribution in [3.63, 3.8) is 0 Å². The van der Waals surface area contributed by atoms with Gasteiger partial charge in [0, 0.05) is 12.6 Å². The van der Waals surface area contributed by atoms with E-state index in [0.29, 0.717) is 29.6 Å². The molecule has 0 amide bonds. The number of nitrogen functional groups attached to an aromatic ring is 1. The van der Waals surface area contributed by atoms with Crippen molar-refractivity contribution in [2.75, 3.05) is 23.8 Å². The maximum absolute atomic E-state index is 12.1. The topological polar surface area (TPSA) is 68.5 Å². The number of carbonyl (C=O) groups is 1. The fraction of sp³-hybridized carbons (Fsp3) is 0.600. The zero-order chi connectivity index (χ0) is 15.3. The van der Waals surface area contributed by atoms with Gasteiger partial charge in [-0.25, -0.2) is 9.78 Å². The van der Waals surface area contributed by atoms with Crippen LogP contribution in [-0.2, 0) is 4.74 Å². The van der Waals surface area contributed by atoms with E-state index >= 15 is 0 Å². The Morgan fingerprint density at radius 2 is 2.05 bits per heavy atom. The highest BCUT2D eigenvalue weighted by Crippen LogP contribution is 2.24. The van der Waals surface area contributed by atoms with E-state index in [-0.39, 0.29) is 12.0 Å². The number of pyridine rings is 1. The van der Waals surface area contributed by atoms with Gasteiger partial charge in [-0.1, -0.05) is 13.8 Å². The van der Waals surface area contributed by atoms with Crippen LogP contribution in [0.15, 0.2) is 12.3 Å². The Kier molecular flexibility index (Phi) is 5.80. The molecule has 0 aliphatic heterocycles. The number of hydrogen-bond acceptors (Lipinski definition) is 5. The molecule has 5 nitrogen and oxygen atoms in total. The number of nitrogens with zero attached hydrogens (tertiary/aromatic N) is 2. The molecule has 20 heavy (non-hydrogen) atoms. The molecule has 5 heteroatoms. The first-order valence-corrected chi connectivity index (χ1v) is 7.06. The molecule has 0 spiro atoms. The largest absolute Gasteiger partial charge is 0.462 e. The summed E-state index contributed by atoms with van der Waals surface area (Å²) in [5, 5.41) is 0. The Labute approximate surface area is 121 Å². The predicted octanol–water partition coefficient (Wildman–Crippen LogP) is 2.71. The van der Waals surface area contributed by atoms with Crippen molar-refractivity contribution in [1.29, 1.82) is 0 Å². The summed E-state index contributed by atoms with van der Waals surface area (Å²) < 4.78 is 5.10. The molecule has 0 radical (unpaired) electrons. The maximum Gasteiger partial charge on any atom is 0.341 e. The number of hydrogen-bond donors (Lipinski definition) is 1. The van der Waals surface area contributed by atoms with Crippen molar-refractivity contribution in [3.8, 4) is 0 Å². The summed E-state index contributed by atoms with van der Waals surface area (Å²) in [4.78, 5) is 18.5. The normalized spacial score (nSPS) is 10.9. The average Bonchev–Trinajstić information content (AvgIpc) is 2.36. The summed E-state index contributed by atoms with van der Waals surface area (Å²) in [6, 6.07) is 1.87. The van der Waals surface area contributed by atoms with Gasteiger partial charge < -0.3 is 15.4 Å². The molecule has 0 aliphatic rings. The molecule has 0 aromatic carbocycles. The van der Waals surface area contributed by atoms with Crippen molar-refractivity contribution in [3.05, 3.63) is 17.8 Å². The van der Waals surface area contributed by atoms with Crippen LogP contribution in [-0.4, -0.2) is 30.1 Å². The summed E-state index contributed by atoms with van der Waals surface area (Å²) in [7, 11) is 0. The Hall–Kier alpha value is -1.78. The second-order valence-electron chi connectivity index (χ2n) is 5.50. The SMILES string of the molecule is CCOC(=O)c1cc(N)cnc1N(CC(C)C)C(C)C. The highest BCUT2D eigenvalue weighted by Gasteiger charge is 2.22. The molecule has 112 valence electrons. The number of carbonyl (C=O) groups excluding carboxylic acids is 1. The number of esters is 1. The van der Waals surface area contributed by atoms with E-state index in [0.717, 1.165) is 6.54 Å². The van der Waals surface area contributed by atoms with Gasteiger partial charge in [-0.15, -0.1) is 0 Å². The van der Waals surface area contributed by atoms with Crippen molar-refractivity contribution in [1.82, 2.24) is 4.98 Å². The lowest BCUT2D eigenvalue weighted by molar-refractivity contribution is 0.0526. The van der Waals surface area contributed by atoms with Gasteiger partial charge in [-0.05, 0) is 32.8 Å². The van der Waals surface area contributed by atoms with E-state index < -0.39 is 0 Å². The minimum absolute atomic E-state index is 0.238. The third kappa shape index (κ3) is 4.11. The van der Waals surface area contributed by atoms with Crippen LogP contribution in [0.3, 0.4) is 0 Å². The third-order valence-electron chi connectivity index (χ3n) is 2.84. The van der Waals surface area contributed by atoms with Crippen molar-refractivity contribution >= 4 is 17.5 Å². The highest BCUT2D eigenvalue weighted by molar-refractivity contribution is 5.95. The van der Waals surface area contributed by atoms with Crippen LogP contribution in [0, 0.1) is 5.92 Å². The molecule has 1 aromatic rings. The van der Waals surface area contributed by atoms with Crippen LogP contribution in [0.1, 0.15) is 45.0 Å². The van der Waals surface area contributed by atoms with E-state index in [9.17, 15) is 4.79 Å². The fourth-order valence-electron chi connectivity index (χ4n) is 2.00. The van der Waals surface area contributed by atoms with Crippen LogP contribution in [0.5, 0.6) is 0 Å². The van der Waals surface area contributed by atoms with E-state index in [1.54, 1.807) is 19.2 Å². The molecule has 0 saturated heterocycles. The van der Waals surface area contributed by atoms with Crippen molar-refractivity contribution in [2.45, 2.75) is 40.7 Å². The van der Waals surface area contributed by atoms with Crippen LogP contribution in [0.25, 0.3) is 0 Å².